The molecule has 156 valence electrons. The lowest BCUT2D eigenvalue weighted by Crippen LogP contribution is -2.51. The lowest BCUT2D eigenvalue weighted by Gasteiger charge is -2.34. The summed E-state index contributed by atoms with van der Waals surface area (Å²) >= 11 is 5.91. The molecule has 29 heavy (non-hydrogen) atoms. The molecule has 1 unspecified atom stereocenters. The minimum Gasteiger partial charge on any atom is -0.360 e. The van der Waals surface area contributed by atoms with E-state index in [1.54, 1.807) is 13.0 Å². The van der Waals surface area contributed by atoms with E-state index >= 15 is 0 Å². The molecule has 1 aliphatic heterocycles. The number of rotatable bonds is 7. The molecule has 0 radical (unpaired) electrons. The van der Waals surface area contributed by atoms with Crippen LogP contribution in [0.1, 0.15) is 24.3 Å². The Bertz CT molecular complexity index is 831. The zero-order chi connectivity index (χ0) is 20.8. The highest BCUT2D eigenvalue weighted by Crippen LogP contribution is 2.16. The third-order valence-corrected chi connectivity index (χ3v) is 5.09. The number of aromatic nitrogens is 1. The third-order valence-electron chi connectivity index (χ3n) is 4.84. The normalized spacial score (nSPS) is 16.4. The lowest BCUT2D eigenvalue weighted by molar-refractivity contribution is -0.124. The van der Waals surface area contributed by atoms with Gasteiger partial charge in [0.25, 0.3) is 0 Å². The molecule has 2 heterocycles. The number of benzene rings is 1. The second kappa shape index (κ2) is 9.87. The SMILES string of the molecule is Cc1cc(NC(=O)CN2CCN(CC(=O)NC(C)c3ccc(Cl)cc3)CC2)no1. The summed E-state index contributed by atoms with van der Waals surface area (Å²) in [6.07, 6.45) is 0. The Morgan fingerprint density at radius 2 is 1.69 bits per heavy atom. The smallest absolute Gasteiger partial charge is 0.239 e. The first-order valence-corrected chi connectivity index (χ1v) is 9.99. The molecule has 9 heteroatoms. The number of hydrogen-bond acceptors (Lipinski definition) is 6. The highest BCUT2D eigenvalue weighted by Gasteiger charge is 2.21. The number of nitrogens with zero attached hydrogens (tertiary/aromatic N) is 3. The second-order valence-corrected chi connectivity index (χ2v) is 7.70. The van der Waals surface area contributed by atoms with Crippen molar-refractivity contribution in [3.8, 4) is 0 Å². The Kier molecular flexibility index (Phi) is 7.24. The first-order valence-electron chi connectivity index (χ1n) is 9.62. The van der Waals surface area contributed by atoms with Gasteiger partial charge in [0.05, 0.1) is 19.1 Å². The van der Waals surface area contributed by atoms with Crippen molar-refractivity contribution >= 4 is 29.2 Å². The van der Waals surface area contributed by atoms with Crippen molar-refractivity contribution < 1.29 is 14.1 Å². The number of carbonyl (C=O) groups is 2. The lowest BCUT2D eigenvalue weighted by atomic mass is 10.1. The average molecular weight is 420 g/mol. The molecular formula is C20H26ClN5O3. The summed E-state index contributed by atoms with van der Waals surface area (Å²) in [7, 11) is 0. The Balaban J connectivity index is 1.37. The van der Waals surface area contributed by atoms with Crippen LogP contribution < -0.4 is 10.6 Å². The third kappa shape index (κ3) is 6.56. The maximum atomic E-state index is 12.4. The minimum atomic E-state index is -0.124. The van der Waals surface area contributed by atoms with Crippen LogP contribution in [-0.4, -0.2) is 66.0 Å². The zero-order valence-corrected chi connectivity index (χ0v) is 17.4. The van der Waals surface area contributed by atoms with Crippen molar-refractivity contribution in [1.82, 2.24) is 20.3 Å². The van der Waals surface area contributed by atoms with E-state index in [1.807, 2.05) is 31.2 Å². The number of aryl methyl sites for hydroxylation is 1. The predicted molar refractivity (Wildman–Crippen MR) is 111 cm³/mol. The van der Waals surface area contributed by atoms with E-state index in [0.717, 1.165) is 31.7 Å². The molecule has 0 bridgehead atoms. The van der Waals surface area contributed by atoms with E-state index in [9.17, 15) is 9.59 Å². The molecule has 0 saturated carbocycles. The van der Waals surface area contributed by atoms with Crippen molar-refractivity contribution in [2.24, 2.45) is 0 Å². The van der Waals surface area contributed by atoms with E-state index in [2.05, 4.69) is 25.6 Å². The van der Waals surface area contributed by atoms with Gasteiger partial charge in [0.2, 0.25) is 11.8 Å². The van der Waals surface area contributed by atoms with Crippen LogP contribution in [0.5, 0.6) is 0 Å². The van der Waals surface area contributed by atoms with Crippen LogP contribution in [0, 0.1) is 6.92 Å². The molecule has 2 N–H and O–H groups in total. The average Bonchev–Trinajstić information content (AvgIpc) is 3.08. The first kappa shape index (κ1) is 21.3. The fraction of sp³-hybridized carbons (Fsp3) is 0.450. The zero-order valence-electron chi connectivity index (χ0n) is 16.7. The van der Waals surface area contributed by atoms with E-state index in [0.29, 0.717) is 29.7 Å². The van der Waals surface area contributed by atoms with Crippen molar-refractivity contribution in [2.45, 2.75) is 19.9 Å². The molecule has 2 amide bonds. The summed E-state index contributed by atoms with van der Waals surface area (Å²) in [5.74, 6) is 0.941. The summed E-state index contributed by atoms with van der Waals surface area (Å²) in [6.45, 7) is 7.28. The van der Waals surface area contributed by atoms with Crippen LogP contribution in [0.3, 0.4) is 0 Å². The molecule has 1 aromatic carbocycles. The number of amides is 2. The molecular weight excluding hydrogens is 394 g/mol. The van der Waals surface area contributed by atoms with E-state index in [-0.39, 0.29) is 17.9 Å². The van der Waals surface area contributed by atoms with Gasteiger partial charge in [-0.3, -0.25) is 19.4 Å². The van der Waals surface area contributed by atoms with Crippen LogP contribution in [-0.2, 0) is 9.59 Å². The Morgan fingerprint density at radius 1 is 1.10 bits per heavy atom. The van der Waals surface area contributed by atoms with Crippen LogP contribution >= 0.6 is 11.6 Å². The summed E-state index contributed by atoms with van der Waals surface area (Å²) < 4.78 is 4.94. The number of carbonyl (C=O) groups excluding carboxylic acids is 2. The second-order valence-electron chi connectivity index (χ2n) is 7.26. The maximum Gasteiger partial charge on any atom is 0.239 e. The van der Waals surface area contributed by atoms with Gasteiger partial charge in [-0.05, 0) is 31.5 Å². The van der Waals surface area contributed by atoms with Crippen molar-refractivity contribution in [3.05, 3.63) is 46.7 Å². The summed E-state index contributed by atoms with van der Waals surface area (Å²) in [5.41, 5.74) is 1.01. The number of piperazine rings is 1. The summed E-state index contributed by atoms with van der Waals surface area (Å²) in [6, 6.07) is 9.07. The Hall–Kier alpha value is -2.42. The van der Waals surface area contributed by atoms with E-state index < -0.39 is 0 Å². The molecule has 8 nitrogen and oxygen atoms in total. The first-order chi connectivity index (χ1) is 13.9. The Morgan fingerprint density at radius 3 is 2.24 bits per heavy atom. The minimum absolute atomic E-state index is 0.0138. The highest BCUT2D eigenvalue weighted by atomic mass is 35.5. The molecule has 2 aromatic rings. The van der Waals surface area contributed by atoms with Gasteiger partial charge in [0, 0.05) is 37.3 Å². The highest BCUT2D eigenvalue weighted by molar-refractivity contribution is 6.30. The van der Waals surface area contributed by atoms with Crippen molar-refractivity contribution in [1.29, 1.82) is 0 Å². The molecule has 0 aliphatic carbocycles. The van der Waals surface area contributed by atoms with Crippen LogP contribution in [0.4, 0.5) is 5.82 Å². The number of halogens is 1. The van der Waals surface area contributed by atoms with Gasteiger partial charge in [-0.25, -0.2) is 0 Å². The number of hydrogen-bond donors (Lipinski definition) is 2. The Labute approximate surface area is 175 Å². The van der Waals surface area contributed by atoms with Crippen molar-refractivity contribution in [2.75, 3.05) is 44.6 Å². The fourth-order valence-corrected chi connectivity index (χ4v) is 3.37. The van der Waals surface area contributed by atoms with Crippen LogP contribution in [0.2, 0.25) is 5.02 Å². The van der Waals surface area contributed by atoms with Crippen LogP contribution in [0.25, 0.3) is 0 Å². The van der Waals surface area contributed by atoms with Crippen molar-refractivity contribution in [3.63, 3.8) is 0 Å². The maximum absolute atomic E-state index is 12.4. The van der Waals surface area contributed by atoms with Gasteiger partial charge in [0.1, 0.15) is 5.76 Å². The predicted octanol–water partition coefficient (Wildman–Crippen LogP) is 2.07. The van der Waals surface area contributed by atoms with E-state index in [1.165, 1.54) is 0 Å². The molecule has 1 aromatic heterocycles. The number of nitrogens with one attached hydrogen (secondary N) is 2. The summed E-state index contributed by atoms with van der Waals surface area (Å²) in [5, 5.41) is 10.2. The molecule has 1 fully saturated rings. The summed E-state index contributed by atoms with van der Waals surface area (Å²) in [4.78, 5) is 28.6. The fourth-order valence-electron chi connectivity index (χ4n) is 3.24. The van der Waals surface area contributed by atoms with Gasteiger partial charge < -0.3 is 15.2 Å². The van der Waals surface area contributed by atoms with Gasteiger partial charge in [-0.15, -0.1) is 0 Å². The molecule has 0 spiro atoms. The molecule has 3 rings (SSSR count). The van der Waals surface area contributed by atoms with Crippen LogP contribution in [0.15, 0.2) is 34.9 Å². The van der Waals surface area contributed by atoms with Gasteiger partial charge in [-0.1, -0.05) is 28.9 Å². The van der Waals surface area contributed by atoms with Gasteiger partial charge in [0.15, 0.2) is 5.82 Å². The topological polar surface area (TPSA) is 90.7 Å². The van der Waals surface area contributed by atoms with E-state index in [4.69, 9.17) is 16.1 Å². The molecule has 1 aliphatic rings. The van der Waals surface area contributed by atoms with Gasteiger partial charge >= 0.3 is 0 Å². The quantitative estimate of drug-likeness (QED) is 0.714. The standard InChI is InChI=1S/C20H26ClN5O3/c1-14-11-18(24-29-14)23-20(28)13-26-9-7-25(8-10-26)12-19(27)22-15(2)16-3-5-17(21)6-4-16/h3-6,11,15H,7-10,12-13H2,1-2H3,(H,22,27)(H,23,24,28). The molecule has 1 atom stereocenters. The number of anilines is 1. The monoisotopic (exact) mass is 419 g/mol. The molecule has 1 saturated heterocycles. The van der Waals surface area contributed by atoms with Gasteiger partial charge in [-0.2, -0.15) is 0 Å². The largest absolute Gasteiger partial charge is 0.360 e.